The van der Waals surface area contributed by atoms with Crippen molar-refractivity contribution in [2.24, 2.45) is 0 Å². The number of nitrogens with zero attached hydrogens (tertiary/aromatic N) is 1. The zero-order valence-corrected chi connectivity index (χ0v) is 8.34. The standard InChI is InChI=1S/C8H12F3NO3/c1-5(3-4-6(13)14)12(2)7(15)8(9,10)11/h5H,3-4H2,1-2H3,(H,13,14). The lowest BCUT2D eigenvalue weighted by Gasteiger charge is -2.25. The van der Waals surface area contributed by atoms with Crippen LogP contribution in [0.4, 0.5) is 13.2 Å². The van der Waals surface area contributed by atoms with Crippen molar-refractivity contribution in [3.8, 4) is 0 Å². The summed E-state index contributed by atoms with van der Waals surface area (Å²) < 4.78 is 35.9. The van der Waals surface area contributed by atoms with Crippen LogP contribution in [0.15, 0.2) is 0 Å². The Bertz CT molecular complexity index is 252. The van der Waals surface area contributed by atoms with Crippen LogP contribution in [0.3, 0.4) is 0 Å². The number of aliphatic carboxylic acids is 1. The van der Waals surface area contributed by atoms with Crippen LogP contribution in [0.25, 0.3) is 0 Å². The van der Waals surface area contributed by atoms with Crippen molar-refractivity contribution in [1.29, 1.82) is 0 Å². The Kier molecular flexibility index (Phi) is 4.57. The van der Waals surface area contributed by atoms with Gasteiger partial charge in [-0.1, -0.05) is 0 Å². The molecule has 0 saturated heterocycles. The molecule has 0 aromatic carbocycles. The Morgan fingerprint density at radius 2 is 1.87 bits per heavy atom. The molecule has 0 heterocycles. The largest absolute Gasteiger partial charge is 0.481 e. The van der Waals surface area contributed by atoms with Gasteiger partial charge in [0.1, 0.15) is 0 Å². The van der Waals surface area contributed by atoms with Gasteiger partial charge in [0.25, 0.3) is 0 Å². The van der Waals surface area contributed by atoms with Crippen molar-refractivity contribution in [2.45, 2.75) is 32.0 Å². The second kappa shape index (κ2) is 4.99. The van der Waals surface area contributed by atoms with Gasteiger partial charge in [-0.05, 0) is 13.3 Å². The number of carboxylic acids is 1. The van der Waals surface area contributed by atoms with E-state index in [4.69, 9.17) is 5.11 Å². The molecule has 1 unspecified atom stereocenters. The first-order valence-electron chi connectivity index (χ1n) is 4.22. The fraction of sp³-hybridized carbons (Fsp3) is 0.750. The fourth-order valence-electron chi connectivity index (χ4n) is 0.926. The minimum atomic E-state index is -4.91. The topological polar surface area (TPSA) is 57.6 Å². The highest BCUT2D eigenvalue weighted by atomic mass is 19.4. The van der Waals surface area contributed by atoms with Crippen LogP contribution in [-0.4, -0.2) is 41.1 Å². The molecular formula is C8H12F3NO3. The minimum absolute atomic E-state index is 0.00630. The average molecular weight is 227 g/mol. The average Bonchev–Trinajstić information content (AvgIpc) is 2.10. The summed E-state index contributed by atoms with van der Waals surface area (Å²) in [4.78, 5) is 21.4. The Balaban J connectivity index is 4.26. The summed E-state index contributed by atoms with van der Waals surface area (Å²) in [6.07, 6.45) is -5.18. The van der Waals surface area contributed by atoms with Gasteiger partial charge in [-0.15, -0.1) is 0 Å². The second-order valence-corrected chi connectivity index (χ2v) is 3.20. The number of hydrogen-bond donors (Lipinski definition) is 1. The monoisotopic (exact) mass is 227 g/mol. The lowest BCUT2D eigenvalue weighted by molar-refractivity contribution is -0.186. The van der Waals surface area contributed by atoms with Crippen LogP contribution in [-0.2, 0) is 9.59 Å². The van der Waals surface area contributed by atoms with Gasteiger partial charge in [0.15, 0.2) is 0 Å². The zero-order chi connectivity index (χ0) is 12.2. The van der Waals surface area contributed by atoms with Crippen LogP contribution in [0.2, 0.25) is 0 Å². The molecule has 0 saturated carbocycles. The third-order valence-electron chi connectivity index (χ3n) is 2.00. The molecule has 0 aromatic heterocycles. The predicted molar refractivity (Wildman–Crippen MR) is 45.2 cm³/mol. The molecule has 7 heteroatoms. The first-order chi connectivity index (χ1) is 6.66. The van der Waals surface area contributed by atoms with Crippen LogP contribution < -0.4 is 0 Å². The minimum Gasteiger partial charge on any atom is -0.481 e. The van der Waals surface area contributed by atoms with Crippen LogP contribution in [0.1, 0.15) is 19.8 Å². The van der Waals surface area contributed by atoms with E-state index in [2.05, 4.69) is 0 Å². The van der Waals surface area contributed by atoms with E-state index in [-0.39, 0.29) is 12.8 Å². The van der Waals surface area contributed by atoms with E-state index in [1.807, 2.05) is 0 Å². The second-order valence-electron chi connectivity index (χ2n) is 3.20. The van der Waals surface area contributed by atoms with Crippen molar-refractivity contribution < 1.29 is 27.9 Å². The predicted octanol–water partition coefficient (Wildman–Crippen LogP) is 1.26. The summed E-state index contributed by atoms with van der Waals surface area (Å²) in [5, 5.41) is 8.32. The number of alkyl halides is 3. The van der Waals surface area contributed by atoms with Gasteiger partial charge in [-0.3, -0.25) is 9.59 Å². The summed E-state index contributed by atoms with van der Waals surface area (Å²) in [6, 6.07) is -0.754. The van der Waals surface area contributed by atoms with Crippen molar-refractivity contribution in [2.75, 3.05) is 7.05 Å². The summed E-state index contributed by atoms with van der Waals surface area (Å²) >= 11 is 0. The van der Waals surface area contributed by atoms with Crippen molar-refractivity contribution in [1.82, 2.24) is 4.90 Å². The molecule has 0 rings (SSSR count). The van der Waals surface area contributed by atoms with Crippen molar-refractivity contribution in [3.05, 3.63) is 0 Å². The third-order valence-corrected chi connectivity index (χ3v) is 2.00. The Hall–Kier alpha value is -1.27. The highest BCUT2D eigenvalue weighted by Gasteiger charge is 2.42. The van der Waals surface area contributed by atoms with Gasteiger partial charge in [0.2, 0.25) is 0 Å². The third kappa shape index (κ3) is 4.66. The van der Waals surface area contributed by atoms with E-state index in [0.29, 0.717) is 4.90 Å². The molecule has 88 valence electrons. The number of halogens is 3. The first-order valence-corrected chi connectivity index (χ1v) is 4.22. The van der Waals surface area contributed by atoms with Gasteiger partial charge < -0.3 is 10.0 Å². The number of carboxylic acid groups (broad SMARTS) is 1. The molecule has 0 aromatic rings. The maximum atomic E-state index is 12.0. The van der Waals surface area contributed by atoms with Gasteiger partial charge in [0, 0.05) is 19.5 Å². The summed E-state index contributed by atoms with van der Waals surface area (Å²) in [7, 11) is 1.00. The fourth-order valence-corrected chi connectivity index (χ4v) is 0.926. The van der Waals surface area contributed by atoms with E-state index >= 15 is 0 Å². The Morgan fingerprint density at radius 1 is 1.40 bits per heavy atom. The molecule has 1 amide bonds. The van der Waals surface area contributed by atoms with Gasteiger partial charge in [0.05, 0.1) is 0 Å². The molecule has 0 bridgehead atoms. The van der Waals surface area contributed by atoms with E-state index in [1.54, 1.807) is 0 Å². The number of hydrogen-bond acceptors (Lipinski definition) is 2. The molecule has 0 aliphatic carbocycles. The van der Waals surface area contributed by atoms with Crippen molar-refractivity contribution >= 4 is 11.9 Å². The SMILES string of the molecule is CC(CCC(=O)O)N(C)C(=O)C(F)(F)F. The number of amides is 1. The molecule has 0 aliphatic rings. The van der Waals surface area contributed by atoms with Crippen LogP contribution in [0, 0.1) is 0 Å². The quantitative estimate of drug-likeness (QED) is 0.786. The molecule has 0 spiro atoms. The molecule has 1 N–H and O–H groups in total. The maximum Gasteiger partial charge on any atom is 0.471 e. The van der Waals surface area contributed by atoms with E-state index in [9.17, 15) is 22.8 Å². The normalized spacial score (nSPS) is 13.4. The number of rotatable bonds is 4. The lowest BCUT2D eigenvalue weighted by Crippen LogP contribution is -2.43. The number of carbonyl (C=O) groups is 2. The molecule has 0 aliphatic heterocycles. The summed E-state index contributed by atoms with van der Waals surface area (Å²) in [6.45, 7) is 1.37. The number of carbonyl (C=O) groups excluding carboxylic acids is 1. The molecule has 0 fully saturated rings. The first kappa shape index (κ1) is 13.7. The van der Waals surface area contributed by atoms with Crippen LogP contribution >= 0.6 is 0 Å². The zero-order valence-electron chi connectivity index (χ0n) is 8.34. The maximum absolute atomic E-state index is 12.0. The van der Waals surface area contributed by atoms with Gasteiger partial charge in [-0.2, -0.15) is 13.2 Å². The molecule has 15 heavy (non-hydrogen) atoms. The Labute approximate surface area is 84.7 Å². The Morgan fingerprint density at radius 3 is 2.20 bits per heavy atom. The van der Waals surface area contributed by atoms with Gasteiger partial charge in [-0.25, -0.2) is 0 Å². The highest BCUT2D eigenvalue weighted by molar-refractivity contribution is 5.81. The van der Waals surface area contributed by atoms with E-state index in [0.717, 1.165) is 7.05 Å². The molecule has 0 radical (unpaired) electrons. The van der Waals surface area contributed by atoms with Gasteiger partial charge >= 0.3 is 18.1 Å². The van der Waals surface area contributed by atoms with Crippen molar-refractivity contribution in [3.63, 3.8) is 0 Å². The highest BCUT2D eigenvalue weighted by Crippen LogP contribution is 2.19. The smallest absolute Gasteiger partial charge is 0.471 e. The van der Waals surface area contributed by atoms with E-state index < -0.39 is 24.1 Å². The van der Waals surface area contributed by atoms with E-state index in [1.165, 1.54) is 6.92 Å². The summed E-state index contributed by atoms with van der Waals surface area (Å²) in [5.74, 6) is -3.06. The molecule has 4 nitrogen and oxygen atoms in total. The summed E-state index contributed by atoms with van der Waals surface area (Å²) in [5.41, 5.74) is 0. The molecular weight excluding hydrogens is 215 g/mol. The molecule has 1 atom stereocenters. The lowest BCUT2D eigenvalue weighted by atomic mass is 10.1. The van der Waals surface area contributed by atoms with Crippen LogP contribution in [0.5, 0.6) is 0 Å².